The number of rotatable bonds is 5. The molecule has 0 bridgehead atoms. The van der Waals surface area contributed by atoms with Crippen molar-refractivity contribution < 1.29 is 0 Å². The minimum Gasteiger partial charge on any atom is -0.371 e. The van der Waals surface area contributed by atoms with Crippen molar-refractivity contribution in [2.75, 3.05) is 18.0 Å². The molecule has 0 radical (unpaired) electrons. The number of aromatic nitrogens is 1. The fourth-order valence-corrected chi connectivity index (χ4v) is 2.35. The highest BCUT2D eigenvalue weighted by molar-refractivity contribution is 6.31. The topological polar surface area (TPSA) is 16.1 Å². The highest BCUT2D eigenvalue weighted by atomic mass is 35.5. The molecule has 1 heterocycles. The second-order valence-electron chi connectivity index (χ2n) is 4.42. The van der Waals surface area contributed by atoms with Crippen LogP contribution in [0.2, 0.25) is 5.02 Å². The Balaban J connectivity index is 2.44. The van der Waals surface area contributed by atoms with Crippen molar-refractivity contribution in [3.05, 3.63) is 35.5 Å². The lowest BCUT2D eigenvalue weighted by Crippen LogP contribution is -2.24. The van der Waals surface area contributed by atoms with Gasteiger partial charge in [-0.3, -0.25) is 4.98 Å². The molecular weight excluding hydrogens is 244 g/mol. The number of hydrogen-bond donors (Lipinski definition) is 0. The Morgan fingerprint density at radius 3 is 2.78 bits per heavy atom. The fraction of sp³-hybridized carbons (Fsp3) is 0.400. The lowest BCUT2D eigenvalue weighted by atomic mass is 10.1. The summed E-state index contributed by atoms with van der Waals surface area (Å²) in [5.74, 6) is 0. The predicted octanol–water partition coefficient (Wildman–Crippen LogP) is 4.51. The number of halogens is 1. The standard InChI is InChI=1S/C15H19ClN2/c1-3-5-10-18(4-2)15-8-9-17-14-7-6-12(16)11-13(14)15/h6-9,11H,3-5,10H2,1-2H3. The molecule has 0 saturated heterocycles. The van der Waals surface area contributed by atoms with Crippen molar-refractivity contribution >= 4 is 28.2 Å². The van der Waals surface area contributed by atoms with Crippen molar-refractivity contribution in [1.82, 2.24) is 4.98 Å². The van der Waals surface area contributed by atoms with Crippen LogP contribution in [-0.4, -0.2) is 18.1 Å². The van der Waals surface area contributed by atoms with Crippen LogP contribution >= 0.6 is 11.6 Å². The summed E-state index contributed by atoms with van der Waals surface area (Å²) in [5.41, 5.74) is 2.24. The summed E-state index contributed by atoms with van der Waals surface area (Å²) in [6.07, 6.45) is 4.29. The average Bonchev–Trinajstić information content (AvgIpc) is 2.40. The normalized spacial score (nSPS) is 10.8. The molecule has 0 amide bonds. The van der Waals surface area contributed by atoms with Crippen LogP contribution in [-0.2, 0) is 0 Å². The summed E-state index contributed by atoms with van der Waals surface area (Å²) in [4.78, 5) is 6.79. The van der Waals surface area contributed by atoms with Crippen molar-refractivity contribution in [2.24, 2.45) is 0 Å². The van der Waals surface area contributed by atoms with E-state index < -0.39 is 0 Å². The van der Waals surface area contributed by atoms with Gasteiger partial charge in [-0.2, -0.15) is 0 Å². The molecule has 18 heavy (non-hydrogen) atoms. The molecule has 2 rings (SSSR count). The molecule has 1 aromatic heterocycles. The maximum Gasteiger partial charge on any atom is 0.0723 e. The van der Waals surface area contributed by atoms with E-state index in [0.717, 1.165) is 29.0 Å². The molecule has 0 N–H and O–H groups in total. The lowest BCUT2D eigenvalue weighted by molar-refractivity contribution is 0.734. The first-order valence-corrected chi connectivity index (χ1v) is 6.93. The average molecular weight is 263 g/mol. The maximum absolute atomic E-state index is 6.10. The van der Waals surface area contributed by atoms with Gasteiger partial charge in [-0.25, -0.2) is 0 Å². The van der Waals surface area contributed by atoms with E-state index in [1.54, 1.807) is 0 Å². The number of pyridine rings is 1. The number of fused-ring (bicyclic) bond motifs is 1. The van der Waals surface area contributed by atoms with Gasteiger partial charge in [-0.1, -0.05) is 24.9 Å². The highest BCUT2D eigenvalue weighted by Crippen LogP contribution is 2.27. The largest absolute Gasteiger partial charge is 0.371 e. The molecule has 3 heteroatoms. The summed E-state index contributed by atoms with van der Waals surface area (Å²) in [6, 6.07) is 7.96. The van der Waals surface area contributed by atoms with Gasteiger partial charge < -0.3 is 4.90 Å². The van der Waals surface area contributed by atoms with E-state index in [4.69, 9.17) is 11.6 Å². The Morgan fingerprint density at radius 2 is 2.06 bits per heavy atom. The maximum atomic E-state index is 6.10. The number of unbranched alkanes of at least 4 members (excludes halogenated alkanes) is 1. The van der Waals surface area contributed by atoms with Gasteiger partial charge in [0.1, 0.15) is 0 Å². The zero-order valence-corrected chi connectivity index (χ0v) is 11.7. The summed E-state index contributed by atoms with van der Waals surface area (Å²) in [7, 11) is 0. The fourth-order valence-electron chi connectivity index (χ4n) is 2.18. The van der Waals surface area contributed by atoms with Gasteiger partial charge in [0.25, 0.3) is 0 Å². The molecule has 1 aromatic carbocycles. The Hall–Kier alpha value is -1.28. The van der Waals surface area contributed by atoms with Gasteiger partial charge in [0.2, 0.25) is 0 Å². The van der Waals surface area contributed by atoms with Crippen LogP contribution in [0.25, 0.3) is 10.9 Å². The number of anilines is 1. The van der Waals surface area contributed by atoms with Crippen molar-refractivity contribution in [3.8, 4) is 0 Å². The molecular formula is C15H19ClN2. The minimum atomic E-state index is 0.767. The lowest BCUT2D eigenvalue weighted by Gasteiger charge is -2.24. The van der Waals surface area contributed by atoms with Crippen LogP contribution in [0.15, 0.2) is 30.5 Å². The van der Waals surface area contributed by atoms with E-state index in [-0.39, 0.29) is 0 Å². The molecule has 0 aliphatic carbocycles. The van der Waals surface area contributed by atoms with Gasteiger partial charge in [0.15, 0.2) is 0 Å². The second kappa shape index (κ2) is 6.05. The first-order chi connectivity index (χ1) is 8.76. The third-order valence-corrected chi connectivity index (χ3v) is 3.42. The van der Waals surface area contributed by atoms with Crippen LogP contribution in [0.1, 0.15) is 26.7 Å². The SMILES string of the molecule is CCCCN(CC)c1ccnc2ccc(Cl)cc12. The second-order valence-corrected chi connectivity index (χ2v) is 4.86. The quantitative estimate of drug-likeness (QED) is 0.788. The number of nitrogens with zero attached hydrogens (tertiary/aromatic N) is 2. The minimum absolute atomic E-state index is 0.767. The predicted molar refractivity (Wildman–Crippen MR) is 79.5 cm³/mol. The van der Waals surface area contributed by atoms with E-state index in [9.17, 15) is 0 Å². The van der Waals surface area contributed by atoms with Crippen LogP contribution in [0, 0.1) is 0 Å². The smallest absolute Gasteiger partial charge is 0.0723 e. The Morgan fingerprint density at radius 1 is 1.22 bits per heavy atom. The summed E-state index contributed by atoms with van der Waals surface area (Å²) >= 11 is 6.10. The molecule has 0 atom stereocenters. The molecule has 0 aliphatic rings. The zero-order valence-electron chi connectivity index (χ0n) is 11.0. The molecule has 0 unspecified atom stereocenters. The first-order valence-electron chi connectivity index (χ1n) is 6.55. The highest BCUT2D eigenvalue weighted by Gasteiger charge is 2.09. The number of hydrogen-bond acceptors (Lipinski definition) is 2. The molecule has 0 fully saturated rings. The Kier molecular flexibility index (Phi) is 4.43. The molecule has 2 aromatic rings. The van der Waals surface area contributed by atoms with E-state index >= 15 is 0 Å². The molecule has 0 saturated carbocycles. The summed E-state index contributed by atoms with van der Waals surface area (Å²) in [6.45, 7) is 6.49. The number of benzene rings is 1. The summed E-state index contributed by atoms with van der Waals surface area (Å²) < 4.78 is 0. The van der Waals surface area contributed by atoms with Crippen LogP contribution in [0.5, 0.6) is 0 Å². The van der Waals surface area contributed by atoms with E-state index in [0.29, 0.717) is 0 Å². The summed E-state index contributed by atoms with van der Waals surface area (Å²) in [5, 5.41) is 1.91. The van der Waals surface area contributed by atoms with Crippen LogP contribution in [0.3, 0.4) is 0 Å². The first kappa shape index (κ1) is 13.2. The zero-order chi connectivity index (χ0) is 13.0. The molecule has 0 spiro atoms. The van der Waals surface area contributed by atoms with Gasteiger partial charge >= 0.3 is 0 Å². The third-order valence-electron chi connectivity index (χ3n) is 3.18. The molecule has 2 nitrogen and oxygen atoms in total. The van der Waals surface area contributed by atoms with Crippen molar-refractivity contribution in [2.45, 2.75) is 26.7 Å². The van der Waals surface area contributed by atoms with Crippen molar-refractivity contribution in [1.29, 1.82) is 0 Å². The Bertz CT molecular complexity index is 525. The van der Waals surface area contributed by atoms with Gasteiger partial charge in [-0.05, 0) is 37.6 Å². The molecule has 96 valence electrons. The monoisotopic (exact) mass is 262 g/mol. The van der Waals surface area contributed by atoms with Crippen LogP contribution < -0.4 is 4.90 Å². The van der Waals surface area contributed by atoms with E-state index in [1.807, 2.05) is 24.4 Å². The van der Waals surface area contributed by atoms with E-state index in [1.165, 1.54) is 18.5 Å². The van der Waals surface area contributed by atoms with E-state index in [2.05, 4.69) is 29.8 Å². The van der Waals surface area contributed by atoms with Gasteiger partial charge in [0, 0.05) is 35.4 Å². The van der Waals surface area contributed by atoms with Gasteiger partial charge in [-0.15, -0.1) is 0 Å². The molecule has 0 aliphatic heterocycles. The Labute approximate surface area is 114 Å². The van der Waals surface area contributed by atoms with Crippen molar-refractivity contribution in [3.63, 3.8) is 0 Å². The van der Waals surface area contributed by atoms with Gasteiger partial charge in [0.05, 0.1) is 5.52 Å². The third kappa shape index (κ3) is 2.75. The van der Waals surface area contributed by atoms with Crippen LogP contribution in [0.4, 0.5) is 5.69 Å².